The third kappa shape index (κ3) is 12.1. The van der Waals surface area contributed by atoms with E-state index in [4.69, 9.17) is 0 Å². The number of H-pyrrole nitrogens is 1. The Hall–Kier alpha value is 0.0862. The fourth-order valence-electron chi connectivity index (χ4n) is 0.528. The van der Waals surface area contributed by atoms with Crippen LogP contribution in [0.15, 0.2) is 49.3 Å². The molecule has 6 heteroatoms. The van der Waals surface area contributed by atoms with Crippen LogP contribution in [0.5, 0.6) is 0 Å². The minimum absolute atomic E-state index is 0. The molecule has 0 atom stereocenters. The molecule has 14 heavy (non-hydrogen) atoms. The molecular weight excluding hydrogens is 322 g/mol. The maximum atomic E-state index is 3.78. The molecule has 3 nitrogen and oxygen atoms in total. The first-order chi connectivity index (χ1) is 5.50. The van der Waals surface area contributed by atoms with E-state index in [1.807, 2.05) is 18.2 Å². The van der Waals surface area contributed by atoms with Gasteiger partial charge in [-0.25, -0.2) is 4.98 Å². The Morgan fingerprint density at radius 3 is 1.57 bits per heavy atom. The molecule has 2 rings (SSSR count). The SMILES string of the molecule is [Br-].[Br-].[Mg+2].c1c[nH]cn1.c1ccncc1. The summed E-state index contributed by atoms with van der Waals surface area (Å²) in [4.78, 5) is 10.2. The van der Waals surface area contributed by atoms with Crippen molar-refractivity contribution in [1.29, 1.82) is 0 Å². The van der Waals surface area contributed by atoms with Gasteiger partial charge in [0.05, 0.1) is 6.33 Å². The Bertz CT molecular complexity index is 208. The van der Waals surface area contributed by atoms with Crippen molar-refractivity contribution >= 4 is 23.1 Å². The smallest absolute Gasteiger partial charge is 1.00 e. The van der Waals surface area contributed by atoms with Gasteiger partial charge in [-0.2, -0.15) is 0 Å². The van der Waals surface area contributed by atoms with Crippen LogP contribution >= 0.6 is 0 Å². The quantitative estimate of drug-likeness (QED) is 0.492. The molecule has 0 radical (unpaired) electrons. The molecule has 0 unspecified atom stereocenters. The fraction of sp³-hybridized carbons (Fsp3) is 0. The monoisotopic (exact) mass is 329 g/mol. The van der Waals surface area contributed by atoms with Crippen LogP contribution in [0.2, 0.25) is 0 Å². The van der Waals surface area contributed by atoms with Crippen molar-refractivity contribution in [2.75, 3.05) is 0 Å². The number of halogens is 2. The molecule has 0 aliphatic rings. The largest absolute Gasteiger partial charge is 2.00 e. The van der Waals surface area contributed by atoms with Gasteiger partial charge in [-0.15, -0.1) is 0 Å². The molecule has 1 N–H and O–H groups in total. The van der Waals surface area contributed by atoms with Crippen LogP contribution in [-0.2, 0) is 0 Å². The molecule has 0 aromatic carbocycles. The summed E-state index contributed by atoms with van der Waals surface area (Å²) >= 11 is 0. The Kier molecular flexibility index (Phi) is 21.8. The van der Waals surface area contributed by atoms with Gasteiger partial charge in [-0.3, -0.25) is 4.98 Å². The number of nitrogens with one attached hydrogen (secondary N) is 1. The van der Waals surface area contributed by atoms with Gasteiger partial charge in [0.2, 0.25) is 0 Å². The van der Waals surface area contributed by atoms with E-state index in [0.29, 0.717) is 0 Å². The third-order valence-electron chi connectivity index (χ3n) is 0.972. The number of nitrogens with zero attached hydrogens (tertiary/aromatic N) is 2. The van der Waals surface area contributed by atoms with Crippen molar-refractivity contribution in [3.05, 3.63) is 49.3 Å². The predicted molar refractivity (Wildman–Crippen MR) is 48.6 cm³/mol. The summed E-state index contributed by atoms with van der Waals surface area (Å²) in [5.74, 6) is 0. The van der Waals surface area contributed by atoms with Crippen molar-refractivity contribution < 1.29 is 34.0 Å². The summed E-state index contributed by atoms with van der Waals surface area (Å²) in [7, 11) is 0. The molecule has 0 spiro atoms. The minimum Gasteiger partial charge on any atom is -1.00 e. The van der Waals surface area contributed by atoms with E-state index >= 15 is 0 Å². The summed E-state index contributed by atoms with van der Waals surface area (Å²) < 4.78 is 0. The standard InChI is InChI=1S/C5H5N.C3H4N2.2BrH.Mg/c1-2-4-6-5-3-1;1-2-5-3-4-1;;;/h1-5H;1-3H,(H,4,5);2*1H;/q;;;;+2/p-2. The number of imidazole rings is 1. The summed E-state index contributed by atoms with van der Waals surface area (Å²) in [6.45, 7) is 0. The molecule has 0 amide bonds. The van der Waals surface area contributed by atoms with Crippen LogP contribution < -0.4 is 34.0 Å². The van der Waals surface area contributed by atoms with E-state index in [9.17, 15) is 0 Å². The molecule has 0 fully saturated rings. The molecular formula is C8H9Br2MgN3. The molecule has 0 bridgehead atoms. The van der Waals surface area contributed by atoms with Crippen molar-refractivity contribution in [1.82, 2.24) is 15.0 Å². The number of hydrogen-bond donors (Lipinski definition) is 1. The average Bonchev–Trinajstić information content (AvgIpc) is 2.64. The van der Waals surface area contributed by atoms with E-state index in [-0.39, 0.29) is 57.0 Å². The second-order valence-electron chi connectivity index (χ2n) is 1.79. The third-order valence-corrected chi connectivity index (χ3v) is 0.972. The van der Waals surface area contributed by atoms with Crippen molar-refractivity contribution in [3.8, 4) is 0 Å². The first-order valence-corrected chi connectivity index (χ1v) is 3.28. The molecule has 0 aliphatic carbocycles. The number of pyridine rings is 1. The topological polar surface area (TPSA) is 41.6 Å². The molecule has 2 aromatic heterocycles. The second-order valence-corrected chi connectivity index (χ2v) is 1.79. The van der Waals surface area contributed by atoms with E-state index in [2.05, 4.69) is 15.0 Å². The predicted octanol–water partition coefficient (Wildman–Crippen LogP) is -4.88. The van der Waals surface area contributed by atoms with Crippen LogP contribution in [0.25, 0.3) is 0 Å². The van der Waals surface area contributed by atoms with Crippen molar-refractivity contribution in [2.24, 2.45) is 0 Å². The Morgan fingerprint density at radius 2 is 1.43 bits per heavy atom. The maximum absolute atomic E-state index is 3.78. The first kappa shape index (κ1) is 19.6. The second kappa shape index (κ2) is 15.6. The zero-order chi connectivity index (χ0) is 7.78. The van der Waals surface area contributed by atoms with Crippen molar-refractivity contribution in [2.45, 2.75) is 0 Å². The van der Waals surface area contributed by atoms with Gasteiger partial charge >= 0.3 is 23.1 Å². The van der Waals surface area contributed by atoms with Gasteiger partial charge in [0.1, 0.15) is 0 Å². The Morgan fingerprint density at radius 1 is 0.786 bits per heavy atom. The van der Waals surface area contributed by atoms with Crippen LogP contribution in [0, 0.1) is 0 Å². The Labute approximate surface area is 120 Å². The van der Waals surface area contributed by atoms with Crippen LogP contribution in [-0.4, -0.2) is 38.0 Å². The summed E-state index contributed by atoms with van der Waals surface area (Å²) in [5.41, 5.74) is 0. The van der Waals surface area contributed by atoms with Gasteiger partial charge in [-0.1, -0.05) is 6.07 Å². The molecule has 0 aliphatic heterocycles. The average molecular weight is 331 g/mol. The number of aromatic amines is 1. The molecule has 0 saturated heterocycles. The zero-order valence-corrected chi connectivity index (χ0v) is 12.1. The number of hydrogen-bond acceptors (Lipinski definition) is 2. The zero-order valence-electron chi connectivity index (χ0n) is 7.48. The number of aromatic nitrogens is 3. The van der Waals surface area contributed by atoms with E-state index in [1.165, 1.54) is 0 Å². The molecule has 2 heterocycles. The van der Waals surface area contributed by atoms with Gasteiger partial charge in [0, 0.05) is 24.8 Å². The van der Waals surface area contributed by atoms with Crippen LogP contribution in [0.3, 0.4) is 0 Å². The Balaban J connectivity index is -0.000000144. The number of rotatable bonds is 0. The van der Waals surface area contributed by atoms with E-state index in [1.54, 1.807) is 31.1 Å². The van der Waals surface area contributed by atoms with Crippen LogP contribution in [0.1, 0.15) is 0 Å². The van der Waals surface area contributed by atoms with E-state index < -0.39 is 0 Å². The summed E-state index contributed by atoms with van der Waals surface area (Å²) in [6.07, 6.45) is 8.58. The van der Waals surface area contributed by atoms with Gasteiger partial charge in [0.15, 0.2) is 0 Å². The molecule has 2 aromatic rings. The van der Waals surface area contributed by atoms with E-state index in [0.717, 1.165) is 0 Å². The van der Waals surface area contributed by atoms with Crippen molar-refractivity contribution in [3.63, 3.8) is 0 Å². The van der Waals surface area contributed by atoms with Crippen LogP contribution in [0.4, 0.5) is 0 Å². The van der Waals surface area contributed by atoms with Gasteiger partial charge in [-0.05, 0) is 12.1 Å². The van der Waals surface area contributed by atoms with Gasteiger partial charge < -0.3 is 38.9 Å². The normalized spacial score (nSPS) is 6.29. The first-order valence-electron chi connectivity index (χ1n) is 3.28. The molecule has 72 valence electrons. The fourth-order valence-corrected chi connectivity index (χ4v) is 0.528. The maximum Gasteiger partial charge on any atom is 2.00 e. The van der Waals surface area contributed by atoms with Gasteiger partial charge in [0.25, 0.3) is 0 Å². The summed E-state index contributed by atoms with van der Waals surface area (Å²) in [5, 5.41) is 0. The molecule has 0 saturated carbocycles. The summed E-state index contributed by atoms with van der Waals surface area (Å²) in [6, 6.07) is 5.72. The minimum atomic E-state index is 0.